The highest BCUT2D eigenvalue weighted by Gasteiger charge is 2.68. The molecule has 4 aliphatic carbocycles. The zero-order chi connectivity index (χ0) is 33.8. The number of fused-ring (bicyclic) bond motifs is 5. The quantitative estimate of drug-likeness (QED) is 0.136. The second-order valence-electron chi connectivity index (χ2n) is 17.0. The van der Waals surface area contributed by atoms with Gasteiger partial charge in [0.25, 0.3) is 0 Å². The Labute approximate surface area is 285 Å². The molecule has 12 atom stereocenters. The summed E-state index contributed by atoms with van der Waals surface area (Å²) in [4.78, 5) is 11.3. The Morgan fingerprint density at radius 1 is 0.894 bits per heavy atom. The first-order chi connectivity index (χ1) is 22.5. The van der Waals surface area contributed by atoms with Gasteiger partial charge >= 0.3 is 0 Å². The highest BCUT2D eigenvalue weighted by atomic mass is 16.4. The second-order valence-corrected chi connectivity index (χ2v) is 17.0. The van der Waals surface area contributed by atoms with Gasteiger partial charge in [-0.2, -0.15) is 0 Å². The standard InChI is InChI=1S/C41H67NO5/c1-5-6-7-8-9-10-11-12-13-15-22-42-23-16-14-17-35(42)33-26-30(43)24-29-25-36(44)39-32-20-19-31(28(2)18-21-38(46)47)41(32,4)37(45)27-34(39)40(29,33)3/h14,16-17,23,28-34,36-37,39,43-45H,5-13,15,18-22,24-27H2,1-4H3. The molecule has 4 aliphatic rings. The van der Waals surface area contributed by atoms with Gasteiger partial charge in [0.1, 0.15) is 6.54 Å². The van der Waals surface area contributed by atoms with Crippen molar-refractivity contribution >= 4 is 5.97 Å². The monoisotopic (exact) mass is 654 g/mol. The van der Waals surface area contributed by atoms with E-state index in [0.29, 0.717) is 19.3 Å². The second kappa shape index (κ2) is 16.0. The third-order valence-electron chi connectivity index (χ3n) is 14.6. The summed E-state index contributed by atoms with van der Waals surface area (Å²) in [5.41, 5.74) is 0.848. The number of aliphatic hydroxyl groups excluding tert-OH is 3. The van der Waals surface area contributed by atoms with Gasteiger partial charge in [-0.15, -0.1) is 0 Å². The minimum Gasteiger partial charge on any atom is -0.550 e. The number of aromatic nitrogens is 1. The van der Waals surface area contributed by atoms with Crippen LogP contribution in [0.2, 0.25) is 0 Å². The molecular formula is C41H67NO5. The fourth-order valence-electron chi connectivity index (χ4n) is 12.0. The Hall–Kier alpha value is -1.50. The van der Waals surface area contributed by atoms with Gasteiger partial charge in [-0.1, -0.05) is 85.1 Å². The molecule has 0 bridgehead atoms. The molecule has 1 aromatic heterocycles. The largest absolute Gasteiger partial charge is 0.550 e. The summed E-state index contributed by atoms with van der Waals surface area (Å²) >= 11 is 0. The predicted octanol–water partition coefficient (Wildman–Crippen LogP) is 6.72. The molecule has 4 fully saturated rings. The normalized spacial score (nSPS) is 38.7. The first-order valence-electron chi connectivity index (χ1n) is 19.8. The molecule has 0 amide bonds. The number of unbranched alkanes of at least 4 members (excludes halogenated alkanes) is 9. The summed E-state index contributed by atoms with van der Waals surface area (Å²) < 4.78 is 2.46. The minimum absolute atomic E-state index is 0.0587. The van der Waals surface area contributed by atoms with E-state index in [4.69, 9.17) is 0 Å². The lowest BCUT2D eigenvalue weighted by Crippen LogP contribution is -2.64. The van der Waals surface area contributed by atoms with Crippen molar-refractivity contribution in [3.8, 4) is 0 Å². The Morgan fingerprint density at radius 2 is 1.57 bits per heavy atom. The number of aliphatic hydroxyl groups is 3. The van der Waals surface area contributed by atoms with Crippen molar-refractivity contribution in [1.82, 2.24) is 0 Å². The third-order valence-corrected chi connectivity index (χ3v) is 14.6. The number of carboxylic acids is 1. The van der Waals surface area contributed by atoms with Crippen LogP contribution in [0.25, 0.3) is 0 Å². The molecule has 0 spiro atoms. The fourth-order valence-corrected chi connectivity index (χ4v) is 12.0. The lowest BCUT2D eigenvalue weighted by molar-refractivity contribution is -0.707. The van der Waals surface area contributed by atoms with Gasteiger partial charge in [0.15, 0.2) is 11.9 Å². The Balaban J connectivity index is 1.33. The molecule has 0 saturated heterocycles. The zero-order valence-corrected chi connectivity index (χ0v) is 30.1. The Bertz CT molecular complexity index is 1160. The average molecular weight is 654 g/mol. The van der Waals surface area contributed by atoms with Crippen LogP contribution in [0, 0.1) is 46.3 Å². The van der Waals surface area contributed by atoms with Gasteiger partial charge in [-0.05, 0) is 104 Å². The van der Waals surface area contributed by atoms with Gasteiger partial charge < -0.3 is 25.2 Å². The van der Waals surface area contributed by atoms with Crippen LogP contribution in [0.5, 0.6) is 0 Å². The molecule has 0 radical (unpaired) electrons. The van der Waals surface area contributed by atoms with Crippen molar-refractivity contribution < 1.29 is 29.8 Å². The van der Waals surface area contributed by atoms with E-state index in [1.165, 1.54) is 63.5 Å². The van der Waals surface area contributed by atoms with E-state index >= 15 is 0 Å². The van der Waals surface area contributed by atoms with Crippen molar-refractivity contribution in [1.29, 1.82) is 0 Å². The van der Waals surface area contributed by atoms with Crippen molar-refractivity contribution in [2.45, 2.75) is 174 Å². The highest BCUT2D eigenvalue weighted by Crippen LogP contribution is 2.70. The van der Waals surface area contributed by atoms with Crippen molar-refractivity contribution in [2.75, 3.05) is 0 Å². The molecule has 0 aromatic carbocycles. The molecule has 266 valence electrons. The van der Waals surface area contributed by atoms with Gasteiger partial charge in [0, 0.05) is 24.5 Å². The molecule has 6 heteroatoms. The van der Waals surface area contributed by atoms with Crippen LogP contribution < -0.4 is 9.67 Å². The molecular weight excluding hydrogens is 586 g/mol. The molecule has 0 aliphatic heterocycles. The number of hydrogen-bond donors (Lipinski definition) is 3. The van der Waals surface area contributed by atoms with Crippen LogP contribution >= 0.6 is 0 Å². The van der Waals surface area contributed by atoms with Crippen LogP contribution in [-0.2, 0) is 11.3 Å². The molecule has 1 aromatic rings. The molecule has 4 saturated carbocycles. The molecule has 1 heterocycles. The van der Waals surface area contributed by atoms with E-state index in [1.807, 2.05) is 0 Å². The number of aryl methyl sites for hydroxylation is 1. The van der Waals surface area contributed by atoms with E-state index < -0.39 is 18.2 Å². The Morgan fingerprint density at radius 3 is 2.26 bits per heavy atom. The smallest absolute Gasteiger partial charge is 0.185 e. The van der Waals surface area contributed by atoms with Gasteiger partial charge in [0.05, 0.1) is 24.2 Å². The number of aliphatic carboxylic acids is 1. The van der Waals surface area contributed by atoms with Crippen molar-refractivity contribution in [3.05, 3.63) is 30.1 Å². The number of carbonyl (C=O) groups is 1. The maximum atomic E-state index is 12.1. The predicted molar refractivity (Wildman–Crippen MR) is 184 cm³/mol. The van der Waals surface area contributed by atoms with Crippen LogP contribution in [-0.4, -0.2) is 39.6 Å². The minimum atomic E-state index is -1.00. The van der Waals surface area contributed by atoms with Crippen LogP contribution in [0.1, 0.15) is 155 Å². The third kappa shape index (κ3) is 7.50. The Kier molecular flexibility index (Phi) is 12.5. The lowest BCUT2D eigenvalue weighted by Gasteiger charge is -2.65. The van der Waals surface area contributed by atoms with E-state index in [-0.39, 0.29) is 64.8 Å². The summed E-state index contributed by atoms with van der Waals surface area (Å²) in [5.74, 6) is 0.281. The molecule has 3 N–H and O–H groups in total. The van der Waals surface area contributed by atoms with E-state index in [1.54, 1.807) is 0 Å². The molecule has 47 heavy (non-hydrogen) atoms. The van der Waals surface area contributed by atoms with Crippen LogP contribution in [0.15, 0.2) is 24.4 Å². The number of nitrogens with zero attached hydrogens (tertiary/aromatic N) is 1. The summed E-state index contributed by atoms with van der Waals surface area (Å²) in [6.07, 6.45) is 19.5. The zero-order valence-electron chi connectivity index (χ0n) is 30.1. The fraction of sp³-hybridized carbons (Fsp3) is 0.854. The van der Waals surface area contributed by atoms with Crippen molar-refractivity contribution in [3.63, 3.8) is 0 Å². The molecule has 12 unspecified atom stereocenters. The van der Waals surface area contributed by atoms with Crippen molar-refractivity contribution in [2.24, 2.45) is 46.3 Å². The number of carbonyl (C=O) groups excluding carboxylic acids is 1. The summed E-state index contributed by atoms with van der Waals surface area (Å²) in [7, 11) is 0. The number of carboxylic acid groups (broad SMARTS) is 1. The average Bonchev–Trinajstić information content (AvgIpc) is 3.40. The topological polar surface area (TPSA) is 105 Å². The number of pyridine rings is 1. The van der Waals surface area contributed by atoms with Crippen LogP contribution in [0.3, 0.4) is 0 Å². The van der Waals surface area contributed by atoms with E-state index in [0.717, 1.165) is 38.6 Å². The maximum absolute atomic E-state index is 12.1. The number of hydrogen-bond acceptors (Lipinski definition) is 5. The van der Waals surface area contributed by atoms with Gasteiger partial charge in [-0.3, -0.25) is 0 Å². The summed E-state index contributed by atoms with van der Waals surface area (Å²) in [6, 6.07) is 6.58. The molecule has 5 rings (SSSR count). The van der Waals surface area contributed by atoms with E-state index in [9.17, 15) is 25.2 Å². The number of rotatable bonds is 16. The molecule has 6 nitrogen and oxygen atoms in total. The summed E-state index contributed by atoms with van der Waals surface area (Å²) in [5, 5.41) is 46.6. The van der Waals surface area contributed by atoms with E-state index in [2.05, 4.69) is 56.7 Å². The SMILES string of the molecule is CCCCCCCCCCCC[n+]1ccccc1C1CC(O)CC2CC(O)C3C(CC(O)C4(C)C(C(C)CCC(=O)[O-])CCC34)C21C. The van der Waals surface area contributed by atoms with Crippen LogP contribution in [0.4, 0.5) is 0 Å². The summed E-state index contributed by atoms with van der Waals surface area (Å²) in [6.45, 7) is 10.1. The lowest BCUT2D eigenvalue weighted by atomic mass is 9.40. The first-order valence-corrected chi connectivity index (χ1v) is 19.8. The van der Waals surface area contributed by atoms with Gasteiger partial charge in [-0.25, -0.2) is 4.57 Å². The highest BCUT2D eigenvalue weighted by molar-refractivity contribution is 5.64. The first kappa shape index (κ1) is 36.8. The maximum Gasteiger partial charge on any atom is 0.185 e. The van der Waals surface area contributed by atoms with Gasteiger partial charge in [0.2, 0.25) is 0 Å².